The highest BCUT2D eigenvalue weighted by Crippen LogP contribution is 2.34. The summed E-state index contributed by atoms with van der Waals surface area (Å²) in [4.78, 5) is 4.79. The third-order valence-corrected chi connectivity index (χ3v) is 4.04. The molecule has 0 amide bonds. The van der Waals surface area contributed by atoms with Gasteiger partial charge in [-0.05, 0) is 36.5 Å². The lowest BCUT2D eigenvalue weighted by Gasteiger charge is -2.12. The molecule has 2 nitrogen and oxygen atoms in total. The van der Waals surface area contributed by atoms with Gasteiger partial charge in [-0.3, -0.25) is 0 Å². The number of fused-ring (bicyclic) bond motifs is 2. The Morgan fingerprint density at radius 2 is 2.24 bits per heavy atom. The average molecular weight is 292 g/mol. The number of halogens is 1. The van der Waals surface area contributed by atoms with Gasteiger partial charge in [-0.15, -0.1) is 0 Å². The van der Waals surface area contributed by atoms with Crippen LogP contribution >= 0.6 is 15.9 Å². The van der Waals surface area contributed by atoms with Gasteiger partial charge < -0.3 is 4.74 Å². The molecule has 0 spiro atoms. The van der Waals surface area contributed by atoms with E-state index in [4.69, 9.17) is 9.72 Å². The number of hydrogen-bond donors (Lipinski definition) is 0. The average Bonchev–Trinajstić information content (AvgIpc) is 2.82. The lowest BCUT2D eigenvalue weighted by molar-refractivity contribution is 0.419. The Morgan fingerprint density at radius 3 is 3.00 bits per heavy atom. The van der Waals surface area contributed by atoms with E-state index in [1.807, 2.05) is 12.1 Å². The van der Waals surface area contributed by atoms with E-state index >= 15 is 0 Å². The third-order valence-electron chi connectivity index (χ3n) is 3.48. The van der Waals surface area contributed by atoms with Gasteiger partial charge in [0.2, 0.25) is 0 Å². The Morgan fingerprint density at radius 1 is 1.35 bits per heavy atom. The van der Waals surface area contributed by atoms with Crippen LogP contribution in [0, 0.1) is 0 Å². The number of rotatable bonds is 2. The van der Waals surface area contributed by atoms with Crippen LogP contribution in [-0.4, -0.2) is 12.1 Å². The summed E-state index contributed by atoms with van der Waals surface area (Å²) in [6.07, 6.45) is 3.49. The van der Waals surface area contributed by atoms with Crippen molar-refractivity contribution >= 4 is 26.8 Å². The van der Waals surface area contributed by atoms with Crippen LogP contribution in [0.2, 0.25) is 0 Å². The molecule has 2 aromatic rings. The van der Waals surface area contributed by atoms with Crippen LogP contribution in [0.4, 0.5) is 0 Å². The van der Waals surface area contributed by atoms with Crippen LogP contribution in [0.25, 0.3) is 10.9 Å². The van der Waals surface area contributed by atoms with Gasteiger partial charge in [0.05, 0.1) is 7.11 Å². The third kappa shape index (κ3) is 1.64. The number of benzene rings is 1. The molecule has 0 saturated carbocycles. The molecule has 88 valence electrons. The summed E-state index contributed by atoms with van der Waals surface area (Å²) < 4.78 is 5.41. The maximum absolute atomic E-state index is 5.41. The molecule has 0 atom stereocenters. The molecule has 1 aliphatic carbocycles. The first-order valence-corrected chi connectivity index (χ1v) is 7.00. The monoisotopic (exact) mass is 291 g/mol. The molecule has 1 aromatic carbocycles. The normalized spacial score (nSPS) is 14.0. The van der Waals surface area contributed by atoms with Crippen LogP contribution in [-0.2, 0) is 18.2 Å². The van der Waals surface area contributed by atoms with Gasteiger partial charge in [0, 0.05) is 16.4 Å². The van der Waals surface area contributed by atoms with Gasteiger partial charge in [0.25, 0.3) is 0 Å². The zero-order chi connectivity index (χ0) is 11.8. The van der Waals surface area contributed by atoms with Crippen molar-refractivity contribution in [1.29, 1.82) is 0 Å². The Labute approximate surface area is 109 Å². The Kier molecular flexibility index (Phi) is 2.79. The molecule has 0 aliphatic heterocycles. The lowest BCUT2D eigenvalue weighted by Crippen LogP contribution is -1.98. The fourth-order valence-corrected chi connectivity index (χ4v) is 3.31. The van der Waals surface area contributed by atoms with Gasteiger partial charge in [0.1, 0.15) is 11.3 Å². The number of methoxy groups -OCH3 is 1. The molecule has 3 heteroatoms. The molecule has 3 rings (SSSR count). The van der Waals surface area contributed by atoms with Gasteiger partial charge in [-0.2, -0.15) is 0 Å². The van der Waals surface area contributed by atoms with E-state index in [-0.39, 0.29) is 0 Å². The van der Waals surface area contributed by atoms with Crippen molar-refractivity contribution in [2.24, 2.45) is 0 Å². The van der Waals surface area contributed by atoms with Crippen LogP contribution in [0.3, 0.4) is 0 Å². The lowest BCUT2D eigenvalue weighted by atomic mass is 10.0. The topological polar surface area (TPSA) is 22.1 Å². The first-order chi connectivity index (χ1) is 8.35. The standard InChI is InChI=1S/C14H14BrNO/c1-17-13-7-3-5-10-11(8-15)9-4-2-6-12(9)16-14(10)13/h3,5,7H,2,4,6,8H2,1H3. The Bertz CT molecular complexity index is 580. The first kappa shape index (κ1) is 11.0. The van der Waals surface area contributed by atoms with Crippen molar-refractivity contribution < 1.29 is 4.74 Å². The van der Waals surface area contributed by atoms with Crippen molar-refractivity contribution in [3.8, 4) is 5.75 Å². The minimum atomic E-state index is 0.874. The number of aryl methyl sites for hydroxylation is 1. The second-order valence-corrected chi connectivity index (χ2v) is 4.92. The Hall–Kier alpha value is -1.09. The van der Waals surface area contributed by atoms with E-state index in [2.05, 4.69) is 22.0 Å². The minimum absolute atomic E-state index is 0.874. The summed E-state index contributed by atoms with van der Waals surface area (Å²) in [7, 11) is 1.71. The smallest absolute Gasteiger partial charge is 0.145 e. The van der Waals surface area contributed by atoms with Crippen LogP contribution < -0.4 is 4.74 Å². The highest BCUT2D eigenvalue weighted by Gasteiger charge is 2.19. The molecule has 1 aromatic heterocycles. The van der Waals surface area contributed by atoms with Crippen molar-refractivity contribution in [3.05, 3.63) is 35.0 Å². The van der Waals surface area contributed by atoms with Crippen LogP contribution in [0.1, 0.15) is 23.2 Å². The zero-order valence-electron chi connectivity index (χ0n) is 9.79. The van der Waals surface area contributed by atoms with Crippen molar-refractivity contribution in [2.75, 3.05) is 7.11 Å². The molecule has 0 N–H and O–H groups in total. The number of alkyl halides is 1. The number of ether oxygens (including phenoxy) is 1. The van der Waals surface area contributed by atoms with Crippen molar-refractivity contribution in [1.82, 2.24) is 4.98 Å². The summed E-state index contributed by atoms with van der Waals surface area (Å²) in [5, 5.41) is 2.11. The second-order valence-electron chi connectivity index (χ2n) is 4.36. The summed E-state index contributed by atoms with van der Waals surface area (Å²) in [6.45, 7) is 0. The highest BCUT2D eigenvalue weighted by atomic mass is 79.9. The maximum Gasteiger partial charge on any atom is 0.145 e. The SMILES string of the molecule is COc1cccc2c(CBr)c3c(nc12)CCC3. The molecular weight excluding hydrogens is 278 g/mol. The molecular formula is C14H14BrNO. The number of aromatic nitrogens is 1. The summed E-state index contributed by atoms with van der Waals surface area (Å²) in [5.41, 5.74) is 5.10. The molecule has 1 aliphatic rings. The van der Waals surface area contributed by atoms with E-state index in [0.717, 1.165) is 29.4 Å². The van der Waals surface area contributed by atoms with E-state index in [1.54, 1.807) is 7.11 Å². The predicted octanol–water partition coefficient (Wildman–Crippen LogP) is 3.63. The maximum atomic E-state index is 5.41. The number of para-hydroxylation sites is 1. The van der Waals surface area contributed by atoms with E-state index < -0.39 is 0 Å². The van der Waals surface area contributed by atoms with Gasteiger partial charge in [-0.1, -0.05) is 28.1 Å². The van der Waals surface area contributed by atoms with Crippen molar-refractivity contribution in [3.63, 3.8) is 0 Å². The molecule has 1 heterocycles. The van der Waals surface area contributed by atoms with Crippen LogP contribution in [0.5, 0.6) is 5.75 Å². The second kappa shape index (κ2) is 4.30. The summed E-state index contributed by atoms with van der Waals surface area (Å²) in [5.74, 6) is 0.874. The van der Waals surface area contributed by atoms with E-state index in [9.17, 15) is 0 Å². The number of nitrogens with zero attached hydrogens (tertiary/aromatic N) is 1. The zero-order valence-corrected chi connectivity index (χ0v) is 11.4. The summed E-state index contributed by atoms with van der Waals surface area (Å²) >= 11 is 3.61. The number of hydrogen-bond acceptors (Lipinski definition) is 2. The van der Waals surface area contributed by atoms with Gasteiger partial charge >= 0.3 is 0 Å². The quantitative estimate of drug-likeness (QED) is 0.789. The van der Waals surface area contributed by atoms with Crippen molar-refractivity contribution in [2.45, 2.75) is 24.6 Å². The Balaban J connectivity index is 2.40. The molecule has 0 bridgehead atoms. The fraction of sp³-hybridized carbons (Fsp3) is 0.357. The molecule has 0 unspecified atom stereocenters. The fourth-order valence-electron chi connectivity index (χ4n) is 2.67. The largest absolute Gasteiger partial charge is 0.494 e. The molecule has 0 radical (unpaired) electrons. The molecule has 0 fully saturated rings. The predicted molar refractivity (Wildman–Crippen MR) is 73.0 cm³/mol. The van der Waals surface area contributed by atoms with E-state index in [1.165, 1.54) is 28.6 Å². The van der Waals surface area contributed by atoms with Gasteiger partial charge in [0.15, 0.2) is 0 Å². The highest BCUT2D eigenvalue weighted by molar-refractivity contribution is 9.08. The van der Waals surface area contributed by atoms with E-state index in [0.29, 0.717) is 0 Å². The molecule has 17 heavy (non-hydrogen) atoms. The minimum Gasteiger partial charge on any atom is -0.494 e. The van der Waals surface area contributed by atoms with Gasteiger partial charge in [-0.25, -0.2) is 4.98 Å². The number of pyridine rings is 1. The van der Waals surface area contributed by atoms with Crippen LogP contribution in [0.15, 0.2) is 18.2 Å². The first-order valence-electron chi connectivity index (χ1n) is 5.88. The summed E-state index contributed by atoms with van der Waals surface area (Å²) in [6, 6.07) is 6.16. The molecule has 0 saturated heterocycles.